The average molecular weight is 337 g/mol. The van der Waals surface area contributed by atoms with Gasteiger partial charge < -0.3 is 15.0 Å². The molecule has 0 unspecified atom stereocenters. The van der Waals surface area contributed by atoms with E-state index in [1.165, 1.54) is 11.8 Å². The van der Waals surface area contributed by atoms with Gasteiger partial charge in [0.2, 0.25) is 11.8 Å². The van der Waals surface area contributed by atoms with E-state index in [0.29, 0.717) is 22.7 Å². The third-order valence-corrected chi connectivity index (χ3v) is 3.63. The molecule has 25 heavy (non-hydrogen) atoms. The second kappa shape index (κ2) is 8.50. The Labute approximate surface area is 146 Å². The quantitative estimate of drug-likeness (QED) is 0.878. The Morgan fingerprint density at radius 1 is 1.20 bits per heavy atom. The van der Waals surface area contributed by atoms with Crippen LogP contribution in [0.1, 0.15) is 18.9 Å². The molecular weight excluding hydrogens is 318 g/mol. The van der Waals surface area contributed by atoms with E-state index in [0.717, 1.165) is 0 Å². The highest BCUT2D eigenvalue weighted by atomic mass is 16.5. The maximum absolute atomic E-state index is 12.2. The molecule has 0 heterocycles. The number of carbonyl (C=O) groups is 2. The van der Waals surface area contributed by atoms with Crippen LogP contribution < -0.4 is 15.0 Å². The third kappa shape index (κ3) is 4.82. The van der Waals surface area contributed by atoms with Crippen molar-refractivity contribution in [1.29, 1.82) is 5.26 Å². The van der Waals surface area contributed by atoms with Gasteiger partial charge in [0.25, 0.3) is 0 Å². The van der Waals surface area contributed by atoms with E-state index in [1.807, 2.05) is 6.07 Å². The average Bonchev–Trinajstić information content (AvgIpc) is 2.62. The molecule has 0 aromatic heterocycles. The minimum absolute atomic E-state index is 0.108. The maximum Gasteiger partial charge on any atom is 0.226 e. The number of anilines is 2. The summed E-state index contributed by atoms with van der Waals surface area (Å²) in [6.45, 7) is 1.67. The molecule has 1 N–H and O–H groups in total. The van der Waals surface area contributed by atoms with Crippen LogP contribution in [-0.2, 0) is 9.59 Å². The first-order valence-corrected chi connectivity index (χ1v) is 7.76. The van der Waals surface area contributed by atoms with Crippen molar-refractivity contribution in [3.63, 3.8) is 0 Å². The molecular formula is C19H19N3O3. The predicted octanol–water partition coefficient (Wildman–Crippen LogP) is 2.95. The smallest absolute Gasteiger partial charge is 0.226 e. The summed E-state index contributed by atoms with van der Waals surface area (Å²) in [5.41, 5.74) is 1.52. The van der Waals surface area contributed by atoms with E-state index in [-0.39, 0.29) is 24.8 Å². The highest BCUT2D eigenvalue weighted by Crippen LogP contribution is 2.21. The van der Waals surface area contributed by atoms with Gasteiger partial charge in [0.05, 0.1) is 18.4 Å². The van der Waals surface area contributed by atoms with Gasteiger partial charge in [0.1, 0.15) is 11.8 Å². The fourth-order valence-corrected chi connectivity index (χ4v) is 2.36. The van der Waals surface area contributed by atoms with Gasteiger partial charge in [0.15, 0.2) is 0 Å². The van der Waals surface area contributed by atoms with Crippen molar-refractivity contribution in [3.8, 4) is 11.8 Å². The molecule has 0 radical (unpaired) electrons. The fourth-order valence-electron chi connectivity index (χ4n) is 2.36. The van der Waals surface area contributed by atoms with E-state index < -0.39 is 0 Å². The molecule has 0 saturated heterocycles. The Kier molecular flexibility index (Phi) is 6.13. The fraction of sp³-hybridized carbons (Fsp3) is 0.211. The lowest BCUT2D eigenvalue weighted by Gasteiger charge is -2.21. The predicted molar refractivity (Wildman–Crippen MR) is 95.4 cm³/mol. The normalized spacial score (nSPS) is 9.80. The monoisotopic (exact) mass is 337 g/mol. The van der Waals surface area contributed by atoms with Crippen LogP contribution in [-0.4, -0.2) is 25.5 Å². The minimum atomic E-state index is -0.267. The minimum Gasteiger partial charge on any atom is -0.497 e. The zero-order valence-corrected chi connectivity index (χ0v) is 14.2. The lowest BCUT2D eigenvalue weighted by Crippen LogP contribution is -2.32. The number of rotatable bonds is 6. The van der Waals surface area contributed by atoms with Gasteiger partial charge in [-0.15, -0.1) is 0 Å². The summed E-state index contributed by atoms with van der Waals surface area (Å²) in [5.74, 6) is 0.200. The van der Waals surface area contributed by atoms with Gasteiger partial charge in [-0.2, -0.15) is 5.26 Å². The highest BCUT2D eigenvalue weighted by molar-refractivity contribution is 5.95. The maximum atomic E-state index is 12.2. The summed E-state index contributed by atoms with van der Waals surface area (Å²) in [6.07, 6.45) is 0.108. The number of nitrogens with one attached hydrogen (secondary N) is 1. The number of nitrogens with zero attached hydrogens (tertiary/aromatic N) is 2. The van der Waals surface area contributed by atoms with Crippen molar-refractivity contribution in [2.24, 2.45) is 0 Å². The molecule has 0 aliphatic carbocycles. The van der Waals surface area contributed by atoms with E-state index in [9.17, 15) is 9.59 Å². The lowest BCUT2D eigenvalue weighted by atomic mass is 10.2. The molecule has 2 aromatic rings. The van der Waals surface area contributed by atoms with Crippen LogP contribution in [0.2, 0.25) is 0 Å². The zero-order valence-electron chi connectivity index (χ0n) is 14.2. The van der Waals surface area contributed by atoms with Crippen molar-refractivity contribution >= 4 is 23.2 Å². The Balaban J connectivity index is 2.05. The molecule has 6 nitrogen and oxygen atoms in total. The molecule has 0 spiro atoms. The van der Waals surface area contributed by atoms with Crippen LogP contribution in [0, 0.1) is 11.3 Å². The summed E-state index contributed by atoms with van der Waals surface area (Å²) in [6, 6.07) is 15.9. The van der Waals surface area contributed by atoms with Crippen LogP contribution in [0.5, 0.6) is 5.75 Å². The van der Waals surface area contributed by atoms with Crippen LogP contribution in [0.3, 0.4) is 0 Å². The van der Waals surface area contributed by atoms with E-state index in [4.69, 9.17) is 10.00 Å². The molecule has 128 valence electrons. The van der Waals surface area contributed by atoms with Crippen LogP contribution in [0.25, 0.3) is 0 Å². The van der Waals surface area contributed by atoms with Gasteiger partial charge in [-0.1, -0.05) is 18.2 Å². The van der Waals surface area contributed by atoms with E-state index >= 15 is 0 Å². The summed E-state index contributed by atoms with van der Waals surface area (Å²) in [4.78, 5) is 25.6. The molecule has 0 fully saturated rings. The molecule has 0 atom stereocenters. The Morgan fingerprint density at radius 3 is 2.64 bits per heavy atom. The van der Waals surface area contributed by atoms with Crippen molar-refractivity contribution in [2.75, 3.05) is 23.9 Å². The molecule has 6 heteroatoms. The first kappa shape index (κ1) is 18.0. The number of hydrogen-bond acceptors (Lipinski definition) is 4. The van der Waals surface area contributed by atoms with Crippen molar-refractivity contribution < 1.29 is 14.3 Å². The molecule has 0 saturated carbocycles. The van der Waals surface area contributed by atoms with Crippen LogP contribution >= 0.6 is 0 Å². The molecule has 0 bridgehead atoms. The Bertz CT molecular complexity index is 812. The number of nitriles is 1. The highest BCUT2D eigenvalue weighted by Gasteiger charge is 2.15. The molecule has 2 rings (SSSR count). The number of ether oxygens (including phenoxy) is 1. The van der Waals surface area contributed by atoms with Crippen molar-refractivity contribution in [2.45, 2.75) is 13.3 Å². The number of hydrogen-bond donors (Lipinski definition) is 1. The van der Waals surface area contributed by atoms with Gasteiger partial charge in [-0.3, -0.25) is 9.59 Å². The lowest BCUT2D eigenvalue weighted by molar-refractivity contribution is -0.117. The number of methoxy groups -OCH3 is 1. The largest absolute Gasteiger partial charge is 0.497 e. The van der Waals surface area contributed by atoms with Crippen molar-refractivity contribution in [1.82, 2.24) is 0 Å². The molecule has 0 aliphatic heterocycles. The first-order valence-electron chi connectivity index (χ1n) is 7.76. The number of amides is 2. The molecule has 2 aromatic carbocycles. The summed E-state index contributed by atoms with van der Waals surface area (Å²) < 4.78 is 5.17. The summed E-state index contributed by atoms with van der Waals surface area (Å²) in [7, 11) is 1.55. The Hall–Kier alpha value is -3.33. The third-order valence-electron chi connectivity index (χ3n) is 3.63. The number of para-hydroxylation sites is 1. The van der Waals surface area contributed by atoms with Gasteiger partial charge in [-0.05, 0) is 24.3 Å². The standard InChI is InChI=1S/C19H19N3O3/c1-14(23)22(16-7-5-8-17(12-16)25-2)11-10-19(24)21-18-9-4-3-6-15(18)13-20/h3-9,12H,10-11H2,1-2H3,(H,21,24). The molecule has 2 amide bonds. The second-order valence-electron chi connectivity index (χ2n) is 5.33. The molecule has 0 aliphatic rings. The first-order chi connectivity index (χ1) is 12.0. The van der Waals surface area contributed by atoms with Crippen molar-refractivity contribution in [3.05, 3.63) is 54.1 Å². The van der Waals surface area contributed by atoms with E-state index in [1.54, 1.807) is 55.6 Å². The summed E-state index contributed by atoms with van der Waals surface area (Å²) in [5, 5.41) is 11.8. The van der Waals surface area contributed by atoms with Crippen LogP contribution in [0.15, 0.2) is 48.5 Å². The topological polar surface area (TPSA) is 82.4 Å². The van der Waals surface area contributed by atoms with Gasteiger partial charge in [0, 0.05) is 31.6 Å². The number of benzene rings is 2. The van der Waals surface area contributed by atoms with Gasteiger partial charge in [-0.25, -0.2) is 0 Å². The van der Waals surface area contributed by atoms with Gasteiger partial charge >= 0.3 is 0 Å². The Morgan fingerprint density at radius 2 is 1.96 bits per heavy atom. The second-order valence-corrected chi connectivity index (χ2v) is 5.33. The SMILES string of the molecule is COc1cccc(N(CCC(=O)Nc2ccccc2C#N)C(C)=O)c1. The van der Waals surface area contributed by atoms with Crippen LogP contribution in [0.4, 0.5) is 11.4 Å². The zero-order chi connectivity index (χ0) is 18.2. The summed E-state index contributed by atoms with van der Waals surface area (Å²) >= 11 is 0. The van der Waals surface area contributed by atoms with E-state index in [2.05, 4.69) is 5.32 Å². The number of carbonyl (C=O) groups excluding carboxylic acids is 2.